The molecule has 0 aliphatic carbocycles. The average molecular weight is 284 g/mol. The van der Waals surface area contributed by atoms with Gasteiger partial charge in [-0.1, -0.05) is 23.2 Å². The Kier molecular flexibility index (Phi) is 5.01. The van der Waals surface area contributed by atoms with Crippen molar-refractivity contribution in [3.8, 4) is 0 Å². The predicted molar refractivity (Wildman–Crippen MR) is 63.5 cm³/mol. The molecular formula is C9H11Cl2NO3S. The lowest BCUT2D eigenvalue weighted by atomic mass is 10.4. The van der Waals surface area contributed by atoms with Crippen LogP contribution in [0.5, 0.6) is 0 Å². The largest absolute Gasteiger partial charge is 0.383 e. The molecule has 0 aromatic heterocycles. The summed E-state index contributed by atoms with van der Waals surface area (Å²) < 4.78 is 30.5. The number of rotatable bonds is 5. The normalized spacial score (nSPS) is 11.7. The first kappa shape index (κ1) is 13.7. The topological polar surface area (TPSA) is 55.4 Å². The van der Waals surface area contributed by atoms with E-state index in [1.807, 2.05) is 0 Å². The fourth-order valence-corrected chi connectivity index (χ4v) is 2.41. The monoisotopic (exact) mass is 283 g/mol. The van der Waals surface area contributed by atoms with Crippen molar-refractivity contribution in [2.45, 2.75) is 4.90 Å². The van der Waals surface area contributed by atoms with Crippen LogP contribution in [0.3, 0.4) is 0 Å². The van der Waals surface area contributed by atoms with Gasteiger partial charge in [0.05, 0.1) is 21.5 Å². The molecule has 0 aliphatic rings. The maximum Gasteiger partial charge on any atom is 0.240 e. The van der Waals surface area contributed by atoms with Crippen molar-refractivity contribution in [3.63, 3.8) is 0 Å². The zero-order chi connectivity index (χ0) is 12.2. The van der Waals surface area contributed by atoms with Gasteiger partial charge in [-0.05, 0) is 18.2 Å². The zero-order valence-electron chi connectivity index (χ0n) is 8.54. The second-order valence-electron chi connectivity index (χ2n) is 2.97. The second kappa shape index (κ2) is 5.84. The standard InChI is InChI=1S/C9H11Cl2NO3S/c1-15-5-4-12-16(13,14)7-2-3-8(10)9(11)6-7/h2-3,6,12H,4-5H2,1H3. The molecule has 1 aromatic carbocycles. The molecule has 0 fully saturated rings. The average Bonchev–Trinajstić information content (AvgIpc) is 2.22. The molecule has 0 bridgehead atoms. The second-order valence-corrected chi connectivity index (χ2v) is 5.55. The van der Waals surface area contributed by atoms with Crippen LogP contribution in [-0.2, 0) is 14.8 Å². The third kappa shape index (κ3) is 3.61. The van der Waals surface area contributed by atoms with E-state index in [-0.39, 0.29) is 16.5 Å². The van der Waals surface area contributed by atoms with Gasteiger partial charge in [-0.3, -0.25) is 0 Å². The Labute approximate surface area is 105 Å². The molecule has 0 amide bonds. The Morgan fingerprint density at radius 3 is 2.56 bits per heavy atom. The van der Waals surface area contributed by atoms with Gasteiger partial charge in [0.15, 0.2) is 0 Å². The van der Waals surface area contributed by atoms with E-state index in [0.717, 1.165) is 0 Å². The van der Waals surface area contributed by atoms with Crippen molar-refractivity contribution in [2.75, 3.05) is 20.3 Å². The summed E-state index contributed by atoms with van der Waals surface area (Å²) in [4.78, 5) is 0.0815. The minimum atomic E-state index is -3.54. The van der Waals surface area contributed by atoms with Crippen LogP contribution in [-0.4, -0.2) is 28.7 Å². The van der Waals surface area contributed by atoms with Crippen molar-refractivity contribution >= 4 is 33.2 Å². The van der Waals surface area contributed by atoms with E-state index in [4.69, 9.17) is 27.9 Å². The summed E-state index contributed by atoms with van der Waals surface area (Å²) in [6.07, 6.45) is 0. The van der Waals surface area contributed by atoms with Crippen LogP contribution in [0, 0.1) is 0 Å². The lowest BCUT2D eigenvalue weighted by molar-refractivity contribution is 0.204. The van der Waals surface area contributed by atoms with Crippen molar-refractivity contribution in [3.05, 3.63) is 28.2 Å². The molecule has 1 aromatic rings. The summed E-state index contributed by atoms with van der Waals surface area (Å²) >= 11 is 11.4. The fraction of sp³-hybridized carbons (Fsp3) is 0.333. The molecular weight excluding hydrogens is 273 g/mol. The number of methoxy groups -OCH3 is 1. The molecule has 90 valence electrons. The van der Waals surface area contributed by atoms with Gasteiger partial charge in [0.1, 0.15) is 0 Å². The first-order chi connectivity index (χ1) is 7.47. The summed E-state index contributed by atoms with van der Waals surface area (Å²) in [5.41, 5.74) is 0. The molecule has 0 atom stereocenters. The minimum Gasteiger partial charge on any atom is -0.383 e. The van der Waals surface area contributed by atoms with Gasteiger partial charge in [-0.25, -0.2) is 13.1 Å². The molecule has 0 unspecified atom stereocenters. The van der Waals surface area contributed by atoms with Crippen molar-refractivity contribution in [1.29, 1.82) is 0 Å². The van der Waals surface area contributed by atoms with E-state index >= 15 is 0 Å². The van der Waals surface area contributed by atoms with Gasteiger partial charge in [-0.2, -0.15) is 0 Å². The highest BCUT2D eigenvalue weighted by Gasteiger charge is 2.14. The third-order valence-corrected chi connectivity index (χ3v) is 4.00. The molecule has 0 aliphatic heterocycles. The lowest BCUT2D eigenvalue weighted by Crippen LogP contribution is -2.27. The lowest BCUT2D eigenvalue weighted by Gasteiger charge is -2.06. The van der Waals surface area contributed by atoms with E-state index in [0.29, 0.717) is 11.6 Å². The van der Waals surface area contributed by atoms with Crippen LogP contribution in [0.25, 0.3) is 0 Å². The maximum absolute atomic E-state index is 11.7. The first-order valence-corrected chi connectivity index (χ1v) is 6.65. The number of hydrogen-bond donors (Lipinski definition) is 1. The summed E-state index contributed by atoms with van der Waals surface area (Å²) in [6.45, 7) is 0.514. The van der Waals surface area contributed by atoms with Crippen LogP contribution in [0.1, 0.15) is 0 Å². The van der Waals surface area contributed by atoms with E-state index in [1.54, 1.807) is 0 Å². The number of ether oxygens (including phenoxy) is 1. The molecule has 0 heterocycles. The molecule has 0 saturated heterocycles. The fourth-order valence-electron chi connectivity index (χ4n) is 1.01. The van der Waals surface area contributed by atoms with Crippen molar-refractivity contribution in [1.82, 2.24) is 4.72 Å². The number of hydrogen-bond acceptors (Lipinski definition) is 3. The van der Waals surface area contributed by atoms with E-state index in [2.05, 4.69) is 4.72 Å². The van der Waals surface area contributed by atoms with Gasteiger partial charge >= 0.3 is 0 Å². The number of benzene rings is 1. The Morgan fingerprint density at radius 2 is 2.00 bits per heavy atom. The summed E-state index contributed by atoms with van der Waals surface area (Å²) in [7, 11) is -2.05. The highest BCUT2D eigenvalue weighted by molar-refractivity contribution is 7.89. The number of nitrogens with one attached hydrogen (secondary N) is 1. The highest BCUT2D eigenvalue weighted by Crippen LogP contribution is 2.24. The van der Waals surface area contributed by atoms with Crippen molar-refractivity contribution < 1.29 is 13.2 Å². The molecule has 1 rings (SSSR count). The summed E-state index contributed by atoms with van der Waals surface area (Å²) in [5, 5.41) is 0.522. The van der Waals surface area contributed by atoms with Crippen LogP contribution in [0.2, 0.25) is 10.0 Å². The molecule has 1 N–H and O–H groups in total. The Balaban J connectivity index is 2.86. The van der Waals surface area contributed by atoms with E-state index < -0.39 is 10.0 Å². The predicted octanol–water partition coefficient (Wildman–Crippen LogP) is 1.92. The third-order valence-electron chi connectivity index (χ3n) is 1.80. The van der Waals surface area contributed by atoms with Gasteiger partial charge in [-0.15, -0.1) is 0 Å². The Hall–Kier alpha value is -0.330. The van der Waals surface area contributed by atoms with Gasteiger partial charge in [0.2, 0.25) is 10.0 Å². The van der Waals surface area contributed by atoms with Crippen LogP contribution < -0.4 is 4.72 Å². The van der Waals surface area contributed by atoms with Gasteiger partial charge in [0, 0.05) is 13.7 Å². The SMILES string of the molecule is COCCNS(=O)(=O)c1ccc(Cl)c(Cl)c1. The minimum absolute atomic E-state index is 0.0815. The smallest absolute Gasteiger partial charge is 0.240 e. The summed E-state index contributed by atoms with van der Waals surface area (Å²) in [5.74, 6) is 0. The Bertz CT molecular complexity index is 462. The first-order valence-electron chi connectivity index (χ1n) is 4.41. The van der Waals surface area contributed by atoms with Crippen LogP contribution in [0.4, 0.5) is 0 Å². The summed E-state index contributed by atoms with van der Waals surface area (Å²) in [6, 6.07) is 4.14. The molecule has 16 heavy (non-hydrogen) atoms. The maximum atomic E-state index is 11.7. The van der Waals surface area contributed by atoms with Crippen molar-refractivity contribution in [2.24, 2.45) is 0 Å². The van der Waals surface area contributed by atoms with Crippen LogP contribution >= 0.6 is 23.2 Å². The highest BCUT2D eigenvalue weighted by atomic mass is 35.5. The Morgan fingerprint density at radius 1 is 1.31 bits per heavy atom. The van der Waals surface area contributed by atoms with E-state index in [1.165, 1.54) is 25.3 Å². The van der Waals surface area contributed by atoms with E-state index in [9.17, 15) is 8.42 Å². The quantitative estimate of drug-likeness (QED) is 0.840. The molecule has 0 radical (unpaired) electrons. The molecule has 0 spiro atoms. The molecule has 0 saturated carbocycles. The zero-order valence-corrected chi connectivity index (χ0v) is 10.9. The van der Waals surface area contributed by atoms with Gasteiger partial charge < -0.3 is 4.74 Å². The number of sulfonamides is 1. The van der Waals surface area contributed by atoms with Gasteiger partial charge in [0.25, 0.3) is 0 Å². The van der Waals surface area contributed by atoms with Crippen LogP contribution in [0.15, 0.2) is 23.1 Å². The number of halogens is 2. The molecule has 4 nitrogen and oxygen atoms in total. The molecule has 7 heteroatoms.